The molecule has 4 aromatic rings. The van der Waals surface area contributed by atoms with Crippen LogP contribution in [0.1, 0.15) is 42.5 Å². The number of fused-ring (bicyclic) bond motifs is 2. The van der Waals surface area contributed by atoms with Crippen molar-refractivity contribution in [3.8, 4) is 0 Å². The first-order chi connectivity index (χ1) is 14.9. The van der Waals surface area contributed by atoms with Gasteiger partial charge in [0.05, 0.1) is 17.8 Å². The monoisotopic (exact) mass is 456 g/mol. The Bertz CT molecular complexity index is 1360. The van der Waals surface area contributed by atoms with Crippen LogP contribution in [0.4, 0.5) is 9.52 Å². The molecular formula is C22H21FN4O2S2. The highest BCUT2D eigenvalue weighted by molar-refractivity contribution is 7.93. The molecule has 5 rings (SSSR count). The minimum atomic E-state index is -4.09. The second kappa shape index (κ2) is 7.72. The molecule has 0 radical (unpaired) electrons. The van der Waals surface area contributed by atoms with Gasteiger partial charge in [0, 0.05) is 23.0 Å². The Kier molecular flexibility index (Phi) is 5.02. The van der Waals surface area contributed by atoms with Crippen molar-refractivity contribution in [2.45, 2.75) is 43.5 Å². The van der Waals surface area contributed by atoms with E-state index in [4.69, 9.17) is 0 Å². The molecule has 0 bridgehead atoms. The number of hydrogen-bond acceptors (Lipinski definition) is 5. The van der Waals surface area contributed by atoms with Crippen LogP contribution < -0.4 is 4.72 Å². The molecule has 1 aliphatic carbocycles. The molecule has 0 unspecified atom stereocenters. The van der Waals surface area contributed by atoms with Gasteiger partial charge >= 0.3 is 0 Å². The summed E-state index contributed by atoms with van der Waals surface area (Å²) >= 11 is 1.13. The van der Waals surface area contributed by atoms with Gasteiger partial charge in [0.1, 0.15) is 10.7 Å². The van der Waals surface area contributed by atoms with Crippen molar-refractivity contribution in [1.82, 2.24) is 14.8 Å². The van der Waals surface area contributed by atoms with E-state index in [1.807, 2.05) is 6.92 Å². The molecule has 0 spiro atoms. The quantitative estimate of drug-likeness (QED) is 0.462. The van der Waals surface area contributed by atoms with Crippen LogP contribution in [0.15, 0.2) is 53.0 Å². The molecule has 160 valence electrons. The predicted octanol–water partition coefficient (Wildman–Crippen LogP) is 4.92. The van der Waals surface area contributed by atoms with E-state index in [0.29, 0.717) is 10.9 Å². The first-order valence-electron chi connectivity index (χ1n) is 10.1. The summed E-state index contributed by atoms with van der Waals surface area (Å²) in [5.41, 5.74) is 4.48. The van der Waals surface area contributed by atoms with Crippen LogP contribution in [0.25, 0.3) is 10.9 Å². The summed E-state index contributed by atoms with van der Waals surface area (Å²) in [5.74, 6) is -0.819. The Balaban J connectivity index is 1.55. The van der Waals surface area contributed by atoms with Crippen LogP contribution in [0.5, 0.6) is 0 Å². The van der Waals surface area contributed by atoms with E-state index < -0.39 is 20.7 Å². The van der Waals surface area contributed by atoms with Crippen molar-refractivity contribution >= 4 is 37.4 Å². The maximum Gasteiger partial charge on any atom is 0.266 e. The third-order valence-electron chi connectivity index (χ3n) is 5.84. The Morgan fingerprint density at radius 3 is 2.87 bits per heavy atom. The number of halogens is 1. The maximum atomic E-state index is 15.0. The number of aryl methyl sites for hydroxylation is 1. The smallest absolute Gasteiger partial charge is 0.258 e. The normalized spacial score (nSPS) is 15.0. The van der Waals surface area contributed by atoms with Crippen molar-refractivity contribution in [3.05, 3.63) is 70.6 Å². The Morgan fingerprint density at radius 1 is 1.23 bits per heavy atom. The molecule has 6 nitrogen and oxygen atoms in total. The van der Waals surface area contributed by atoms with E-state index in [-0.39, 0.29) is 11.2 Å². The Labute approximate surface area is 183 Å². The van der Waals surface area contributed by atoms with E-state index in [1.54, 1.807) is 16.3 Å². The average molecular weight is 457 g/mol. The molecular weight excluding hydrogens is 435 g/mol. The highest BCUT2D eigenvalue weighted by Crippen LogP contribution is 2.32. The third-order valence-corrected chi connectivity index (χ3v) is 8.01. The van der Waals surface area contributed by atoms with Crippen molar-refractivity contribution in [2.75, 3.05) is 4.72 Å². The van der Waals surface area contributed by atoms with E-state index in [9.17, 15) is 12.8 Å². The number of rotatable bonds is 5. The van der Waals surface area contributed by atoms with Crippen molar-refractivity contribution < 1.29 is 12.8 Å². The minimum Gasteiger partial charge on any atom is -0.258 e. The zero-order chi connectivity index (χ0) is 21.6. The van der Waals surface area contributed by atoms with Gasteiger partial charge in [-0.05, 0) is 55.4 Å². The number of sulfonamides is 1. The third kappa shape index (κ3) is 3.61. The molecule has 0 saturated heterocycles. The van der Waals surface area contributed by atoms with Crippen LogP contribution in [-0.2, 0) is 22.9 Å². The zero-order valence-electron chi connectivity index (χ0n) is 16.9. The molecule has 0 amide bonds. The lowest BCUT2D eigenvalue weighted by atomic mass is 9.86. The van der Waals surface area contributed by atoms with Gasteiger partial charge in [-0.2, -0.15) is 5.10 Å². The molecule has 0 fully saturated rings. The van der Waals surface area contributed by atoms with Gasteiger partial charge < -0.3 is 0 Å². The fraction of sp³-hybridized carbons (Fsp3) is 0.273. The highest BCUT2D eigenvalue weighted by Gasteiger charge is 2.24. The van der Waals surface area contributed by atoms with Crippen molar-refractivity contribution in [3.63, 3.8) is 0 Å². The first kappa shape index (κ1) is 20.1. The molecule has 2 heterocycles. The maximum absolute atomic E-state index is 15.0. The van der Waals surface area contributed by atoms with E-state index >= 15 is 0 Å². The summed E-state index contributed by atoms with van der Waals surface area (Å²) in [7, 11) is -4.09. The number of nitrogens with one attached hydrogen (secondary N) is 1. The molecule has 9 heteroatoms. The van der Waals surface area contributed by atoms with Gasteiger partial charge in [-0.15, -0.1) is 11.3 Å². The fourth-order valence-electron chi connectivity index (χ4n) is 4.34. The average Bonchev–Trinajstić information content (AvgIpc) is 3.41. The second-order valence-corrected chi connectivity index (χ2v) is 10.3. The molecule has 1 N–H and O–H groups in total. The number of thiazole rings is 1. The van der Waals surface area contributed by atoms with Crippen molar-refractivity contribution in [1.29, 1.82) is 0 Å². The van der Waals surface area contributed by atoms with Crippen LogP contribution in [0.3, 0.4) is 0 Å². The summed E-state index contributed by atoms with van der Waals surface area (Å²) in [4.78, 5) is 3.49. The van der Waals surface area contributed by atoms with Crippen LogP contribution in [0, 0.1) is 5.82 Å². The topological polar surface area (TPSA) is 76.9 Å². The lowest BCUT2D eigenvalue weighted by Gasteiger charge is -2.23. The van der Waals surface area contributed by atoms with E-state index in [1.165, 1.54) is 47.9 Å². The SMILES string of the molecule is C[C@H](c1cccc2c1CCCC2)n1ncc2cc(S(=O)(=O)Nc3nccs3)c(F)cc21. The molecule has 2 aromatic carbocycles. The highest BCUT2D eigenvalue weighted by atomic mass is 32.2. The number of nitrogens with zero attached hydrogens (tertiary/aromatic N) is 3. The van der Waals surface area contributed by atoms with Crippen LogP contribution in [-0.4, -0.2) is 23.2 Å². The summed E-state index contributed by atoms with van der Waals surface area (Å²) in [6.07, 6.45) is 7.55. The van der Waals surface area contributed by atoms with Crippen LogP contribution in [0.2, 0.25) is 0 Å². The molecule has 1 atom stereocenters. The summed E-state index contributed by atoms with van der Waals surface area (Å²) in [5, 5.41) is 6.89. The van der Waals surface area contributed by atoms with Gasteiger partial charge in [-0.3, -0.25) is 9.40 Å². The molecule has 1 aliphatic rings. The van der Waals surface area contributed by atoms with E-state index in [2.05, 4.69) is 33.0 Å². The summed E-state index contributed by atoms with van der Waals surface area (Å²) < 4.78 is 44.4. The zero-order valence-corrected chi connectivity index (χ0v) is 18.5. The van der Waals surface area contributed by atoms with Gasteiger partial charge in [0.15, 0.2) is 5.13 Å². The first-order valence-corrected chi connectivity index (χ1v) is 12.5. The van der Waals surface area contributed by atoms with Gasteiger partial charge in [0.25, 0.3) is 10.0 Å². The number of benzene rings is 2. The molecule has 0 aliphatic heterocycles. The van der Waals surface area contributed by atoms with Gasteiger partial charge in [0.2, 0.25) is 0 Å². The van der Waals surface area contributed by atoms with Gasteiger partial charge in [-0.25, -0.2) is 17.8 Å². The molecule has 2 aromatic heterocycles. The Hall–Kier alpha value is -2.78. The number of anilines is 1. The van der Waals surface area contributed by atoms with Crippen molar-refractivity contribution in [2.24, 2.45) is 0 Å². The predicted molar refractivity (Wildman–Crippen MR) is 120 cm³/mol. The fourth-order valence-corrected chi connectivity index (χ4v) is 6.22. The summed E-state index contributed by atoms with van der Waals surface area (Å²) in [6.45, 7) is 2.04. The molecule has 31 heavy (non-hydrogen) atoms. The Morgan fingerprint density at radius 2 is 2.06 bits per heavy atom. The van der Waals surface area contributed by atoms with Gasteiger partial charge in [-0.1, -0.05) is 18.2 Å². The molecule has 0 saturated carbocycles. The standard InChI is InChI=1S/C22H21FN4O2S2/c1-14(17-8-4-6-15-5-2-3-7-18(15)17)27-20-12-19(23)21(11-16(20)13-25-27)31(28,29)26-22-24-9-10-30-22/h4,6,8-14H,2-3,5,7H2,1H3,(H,24,26)/t14-/m1/s1. The number of aromatic nitrogens is 3. The summed E-state index contributed by atoms with van der Waals surface area (Å²) in [6, 6.07) is 8.84. The number of hydrogen-bond donors (Lipinski definition) is 1. The lowest BCUT2D eigenvalue weighted by Crippen LogP contribution is -2.15. The van der Waals surface area contributed by atoms with E-state index in [0.717, 1.165) is 24.2 Å². The largest absolute Gasteiger partial charge is 0.266 e. The van der Waals surface area contributed by atoms with Crippen LogP contribution >= 0.6 is 11.3 Å². The minimum absolute atomic E-state index is 0.0964. The second-order valence-electron chi connectivity index (χ2n) is 7.74. The lowest BCUT2D eigenvalue weighted by molar-refractivity contribution is 0.560.